The molecule has 3 unspecified atom stereocenters. The molecule has 0 amide bonds. The molecule has 17 heavy (non-hydrogen) atoms. The minimum absolute atomic E-state index is 0.142. The van der Waals surface area contributed by atoms with Crippen LogP contribution >= 0.6 is 0 Å². The maximum atomic E-state index is 11.6. The summed E-state index contributed by atoms with van der Waals surface area (Å²) >= 11 is 0. The van der Waals surface area contributed by atoms with Gasteiger partial charge < -0.3 is 9.55 Å². The SMILES string of the molecule is O=c1[nH]cnc2c1ncn2C1CC2CCC1C2. The van der Waals surface area contributed by atoms with E-state index in [0.29, 0.717) is 11.6 Å². The van der Waals surface area contributed by atoms with Gasteiger partial charge in [-0.1, -0.05) is 6.42 Å². The van der Waals surface area contributed by atoms with E-state index in [2.05, 4.69) is 19.5 Å². The van der Waals surface area contributed by atoms with Gasteiger partial charge in [-0.25, -0.2) is 9.97 Å². The van der Waals surface area contributed by atoms with Gasteiger partial charge >= 0.3 is 0 Å². The number of imidazole rings is 1. The van der Waals surface area contributed by atoms with Crippen LogP contribution in [-0.2, 0) is 0 Å². The molecule has 2 bridgehead atoms. The highest BCUT2D eigenvalue weighted by Gasteiger charge is 2.41. The molecule has 2 saturated carbocycles. The third-order valence-electron chi connectivity index (χ3n) is 4.42. The van der Waals surface area contributed by atoms with Gasteiger partial charge in [0.25, 0.3) is 5.56 Å². The van der Waals surface area contributed by atoms with Crippen LogP contribution in [0.25, 0.3) is 11.2 Å². The van der Waals surface area contributed by atoms with Crippen molar-refractivity contribution in [3.8, 4) is 0 Å². The summed E-state index contributed by atoms with van der Waals surface area (Å²) in [6.45, 7) is 0. The van der Waals surface area contributed by atoms with Crippen molar-refractivity contribution in [3.05, 3.63) is 23.0 Å². The minimum atomic E-state index is -0.142. The van der Waals surface area contributed by atoms with Gasteiger partial charge in [0.1, 0.15) is 0 Å². The van der Waals surface area contributed by atoms with Gasteiger partial charge in [0, 0.05) is 6.04 Å². The van der Waals surface area contributed by atoms with E-state index in [-0.39, 0.29) is 5.56 Å². The fourth-order valence-electron chi connectivity index (χ4n) is 3.66. The Bertz CT molecular complexity index is 629. The summed E-state index contributed by atoms with van der Waals surface area (Å²) in [6.07, 6.45) is 8.52. The van der Waals surface area contributed by atoms with Gasteiger partial charge in [-0.2, -0.15) is 0 Å². The zero-order chi connectivity index (χ0) is 11.4. The van der Waals surface area contributed by atoms with E-state index >= 15 is 0 Å². The average molecular weight is 230 g/mol. The lowest BCUT2D eigenvalue weighted by atomic mass is 9.95. The standard InChI is InChI=1S/C12H14N4O/c17-12-10-11(13-5-14-12)16(6-15-10)9-4-7-1-2-8(9)3-7/h5-9H,1-4H2,(H,13,14,17). The Morgan fingerprint density at radius 2 is 2.24 bits per heavy atom. The molecule has 0 radical (unpaired) electrons. The first-order valence-corrected chi connectivity index (χ1v) is 6.23. The van der Waals surface area contributed by atoms with Crippen molar-refractivity contribution in [1.82, 2.24) is 19.5 Å². The molecule has 5 nitrogen and oxygen atoms in total. The predicted molar refractivity (Wildman–Crippen MR) is 62.6 cm³/mol. The smallest absolute Gasteiger partial charge is 0.278 e. The molecule has 4 rings (SSSR count). The predicted octanol–water partition coefficient (Wildman–Crippen LogP) is 1.48. The Hall–Kier alpha value is -1.65. The van der Waals surface area contributed by atoms with Crippen molar-refractivity contribution in [2.24, 2.45) is 11.8 Å². The van der Waals surface area contributed by atoms with Crippen molar-refractivity contribution in [2.45, 2.75) is 31.7 Å². The van der Waals surface area contributed by atoms with Crippen molar-refractivity contribution in [3.63, 3.8) is 0 Å². The molecule has 88 valence electrons. The molecule has 2 aliphatic rings. The van der Waals surface area contributed by atoms with Crippen LogP contribution in [0.4, 0.5) is 0 Å². The Morgan fingerprint density at radius 1 is 1.29 bits per heavy atom. The van der Waals surface area contributed by atoms with Crippen LogP contribution in [0, 0.1) is 11.8 Å². The number of H-pyrrole nitrogens is 1. The van der Waals surface area contributed by atoms with Gasteiger partial charge in [-0.15, -0.1) is 0 Å². The van der Waals surface area contributed by atoms with Crippen LogP contribution in [-0.4, -0.2) is 19.5 Å². The lowest BCUT2D eigenvalue weighted by Crippen LogP contribution is -2.16. The Balaban J connectivity index is 1.87. The molecule has 2 heterocycles. The molecule has 0 saturated heterocycles. The molecule has 5 heteroatoms. The molecule has 1 N–H and O–H groups in total. The number of nitrogens with zero attached hydrogens (tertiary/aromatic N) is 3. The number of hydrogen-bond donors (Lipinski definition) is 1. The maximum Gasteiger partial charge on any atom is 0.278 e. The van der Waals surface area contributed by atoms with Crippen LogP contribution in [0.15, 0.2) is 17.4 Å². The molecule has 2 aromatic heterocycles. The zero-order valence-corrected chi connectivity index (χ0v) is 9.47. The summed E-state index contributed by atoms with van der Waals surface area (Å²) in [5, 5.41) is 0. The second-order valence-corrected chi connectivity index (χ2v) is 5.30. The number of rotatable bonds is 1. The second kappa shape index (κ2) is 3.18. The normalized spacial score (nSPS) is 31.4. The van der Waals surface area contributed by atoms with Crippen LogP contribution < -0.4 is 5.56 Å². The summed E-state index contributed by atoms with van der Waals surface area (Å²) in [5.41, 5.74) is 1.07. The van der Waals surface area contributed by atoms with Gasteiger partial charge in [0.2, 0.25) is 0 Å². The number of aromatic nitrogens is 4. The van der Waals surface area contributed by atoms with Crippen LogP contribution in [0.3, 0.4) is 0 Å². The fraction of sp³-hybridized carbons (Fsp3) is 0.583. The zero-order valence-electron chi connectivity index (χ0n) is 9.47. The first kappa shape index (κ1) is 9.39. The Labute approximate surface area is 97.9 Å². The Morgan fingerprint density at radius 3 is 3.00 bits per heavy atom. The molecule has 2 aromatic rings. The quantitative estimate of drug-likeness (QED) is 0.807. The van der Waals surface area contributed by atoms with E-state index in [1.807, 2.05) is 0 Å². The fourth-order valence-corrected chi connectivity index (χ4v) is 3.66. The lowest BCUT2D eigenvalue weighted by molar-refractivity contribution is 0.334. The number of nitrogens with one attached hydrogen (secondary N) is 1. The van der Waals surface area contributed by atoms with E-state index in [1.54, 1.807) is 6.33 Å². The van der Waals surface area contributed by atoms with Crippen molar-refractivity contribution < 1.29 is 0 Å². The molecule has 0 aromatic carbocycles. The van der Waals surface area contributed by atoms with Gasteiger partial charge in [-0.3, -0.25) is 4.79 Å². The highest BCUT2D eigenvalue weighted by Crippen LogP contribution is 2.50. The summed E-state index contributed by atoms with van der Waals surface area (Å²) < 4.78 is 2.12. The van der Waals surface area contributed by atoms with Crippen molar-refractivity contribution >= 4 is 11.2 Å². The van der Waals surface area contributed by atoms with E-state index in [0.717, 1.165) is 17.5 Å². The summed E-state index contributed by atoms with van der Waals surface area (Å²) in [7, 11) is 0. The van der Waals surface area contributed by atoms with Gasteiger partial charge in [0.15, 0.2) is 11.2 Å². The molecule has 3 atom stereocenters. The molecule has 2 aliphatic carbocycles. The maximum absolute atomic E-state index is 11.6. The largest absolute Gasteiger partial charge is 0.312 e. The van der Waals surface area contributed by atoms with E-state index in [4.69, 9.17) is 0 Å². The summed E-state index contributed by atoms with van der Waals surface area (Å²) in [4.78, 5) is 22.6. The second-order valence-electron chi connectivity index (χ2n) is 5.30. The molecular formula is C12H14N4O. The third-order valence-corrected chi connectivity index (χ3v) is 4.42. The monoisotopic (exact) mass is 230 g/mol. The summed E-state index contributed by atoms with van der Waals surface area (Å²) in [6, 6.07) is 0.507. The first-order chi connectivity index (χ1) is 8.33. The molecule has 0 aliphatic heterocycles. The van der Waals surface area contributed by atoms with Crippen LogP contribution in [0.5, 0.6) is 0 Å². The highest BCUT2D eigenvalue weighted by molar-refractivity contribution is 5.68. The van der Waals surface area contributed by atoms with Crippen LogP contribution in [0.2, 0.25) is 0 Å². The highest BCUT2D eigenvalue weighted by atomic mass is 16.1. The number of hydrogen-bond acceptors (Lipinski definition) is 3. The van der Waals surface area contributed by atoms with Crippen molar-refractivity contribution in [2.75, 3.05) is 0 Å². The average Bonchev–Trinajstić information content (AvgIpc) is 3.03. The van der Waals surface area contributed by atoms with E-state index in [9.17, 15) is 4.79 Å². The van der Waals surface area contributed by atoms with E-state index < -0.39 is 0 Å². The summed E-state index contributed by atoms with van der Waals surface area (Å²) in [5.74, 6) is 1.64. The van der Waals surface area contributed by atoms with Gasteiger partial charge in [-0.05, 0) is 31.1 Å². The topological polar surface area (TPSA) is 63.6 Å². The van der Waals surface area contributed by atoms with Crippen LogP contribution in [0.1, 0.15) is 31.7 Å². The number of fused-ring (bicyclic) bond motifs is 3. The van der Waals surface area contributed by atoms with Crippen molar-refractivity contribution in [1.29, 1.82) is 0 Å². The van der Waals surface area contributed by atoms with Gasteiger partial charge in [0.05, 0.1) is 12.7 Å². The minimum Gasteiger partial charge on any atom is -0.312 e. The first-order valence-electron chi connectivity index (χ1n) is 6.23. The third kappa shape index (κ3) is 1.22. The molecule has 0 spiro atoms. The lowest BCUT2D eigenvalue weighted by Gasteiger charge is -2.23. The molecular weight excluding hydrogens is 216 g/mol. The Kier molecular flexibility index (Phi) is 1.76. The van der Waals surface area contributed by atoms with E-state index in [1.165, 1.54) is 32.0 Å². The molecule has 2 fully saturated rings. The number of aromatic amines is 1.